The molecule has 0 aliphatic heterocycles. The van der Waals surface area contributed by atoms with Gasteiger partial charge >= 0.3 is 0 Å². The Balaban J connectivity index is 1.79. The van der Waals surface area contributed by atoms with Crippen molar-refractivity contribution in [2.75, 3.05) is 5.32 Å². The van der Waals surface area contributed by atoms with Gasteiger partial charge in [-0.1, -0.05) is 23.5 Å². The Bertz CT molecular complexity index is 999. The van der Waals surface area contributed by atoms with Gasteiger partial charge in [0.15, 0.2) is 5.13 Å². The van der Waals surface area contributed by atoms with Gasteiger partial charge in [0.05, 0.1) is 10.2 Å². The maximum Gasteiger partial charge on any atom is 0.223 e. The Morgan fingerprint density at radius 3 is 2.82 bits per heavy atom. The number of fused-ring (bicyclic) bond motifs is 2. The third-order valence-corrected chi connectivity index (χ3v) is 4.49. The Labute approximate surface area is 130 Å². The van der Waals surface area contributed by atoms with Gasteiger partial charge in [0.25, 0.3) is 0 Å². The summed E-state index contributed by atoms with van der Waals surface area (Å²) in [4.78, 5) is 18.7. The van der Waals surface area contributed by atoms with Crippen molar-refractivity contribution in [3.63, 3.8) is 0 Å². The fraction of sp³-hybridized carbons (Fsp3) is 0.0588. The van der Waals surface area contributed by atoms with Crippen molar-refractivity contribution in [2.24, 2.45) is 0 Å². The second-order valence-electron chi connectivity index (χ2n) is 5.16. The van der Waals surface area contributed by atoms with Crippen molar-refractivity contribution in [3.8, 4) is 11.1 Å². The summed E-state index contributed by atoms with van der Waals surface area (Å²) < 4.78 is 1.07. The van der Waals surface area contributed by atoms with Gasteiger partial charge in [0, 0.05) is 18.6 Å². The lowest BCUT2D eigenvalue weighted by atomic mass is 10.0. The van der Waals surface area contributed by atoms with Crippen LogP contribution in [0.3, 0.4) is 0 Å². The second-order valence-corrected chi connectivity index (χ2v) is 6.19. The van der Waals surface area contributed by atoms with E-state index in [-0.39, 0.29) is 5.91 Å². The minimum atomic E-state index is -0.0998. The molecule has 108 valence electrons. The molecule has 2 N–H and O–H groups in total. The molecule has 5 heteroatoms. The minimum Gasteiger partial charge on any atom is -0.361 e. The molecule has 0 unspecified atom stereocenters. The van der Waals surface area contributed by atoms with Gasteiger partial charge in [-0.15, -0.1) is 0 Å². The van der Waals surface area contributed by atoms with Crippen molar-refractivity contribution < 1.29 is 4.79 Å². The number of carbonyl (C=O) groups is 1. The van der Waals surface area contributed by atoms with E-state index in [9.17, 15) is 4.79 Å². The molecule has 2 aromatic heterocycles. The third-order valence-electron chi connectivity index (χ3n) is 3.56. The monoisotopic (exact) mass is 307 g/mol. The maximum absolute atomic E-state index is 11.1. The smallest absolute Gasteiger partial charge is 0.223 e. The van der Waals surface area contributed by atoms with Crippen LogP contribution in [-0.2, 0) is 4.79 Å². The topological polar surface area (TPSA) is 57.8 Å². The zero-order valence-corrected chi connectivity index (χ0v) is 12.7. The number of nitrogens with one attached hydrogen (secondary N) is 2. The third kappa shape index (κ3) is 2.25. The van der Waals surface area contributed by atoms with Crippen LogP contribution in [0, 0.1) is 0 Å². The summed E-state index contributed by atoms with van der Waals surface area (Å²) in [5.41, 5.74) is 4.35. The lowest BCUT2D eigenvalue weighted by molar-refractivity contribution is -0.114. The lowest BCUT2D eigenvalue weighted by Gasteiger charge is -2.02. The van der Waals surface area contributed by atoms with E-state index in [2.05, 4.69) is 51.7 Å². The van der Waals surface area contributed by atoms with E-state index in [0.29, 0.717) is 5.13 Å². The molecule has 0 fully saturated rings. The molecule has 4 aromatic rings. The first-order valence-electron chi connectivity index (χ1n) is 6.95. The van der Waals surface area contributed by atoms with Gasteiger partial charge in [0.1, 0.15) is 0 Å². The molecule has 0 aliphatic rings. The molecular weight excluding hydrogens is 294 g/mol. The molecule has 2 aromatic carbocycles. The molecule has 0 radical (unpaired) electrons. The van der Waals surface area contributed by atoms with E-state index in [4.69, 9.17) is 0 Å². The zero-order valence-electron chi connectivity index (χ0n) is 11.9. The first-order valence-corrected chi connectivity index (χ1v) is 7.76. The van der Waals surface area contributed by atoms with Gasteiger partial charge in [-0.05, 0) is 46.8 Å². The number of benzene rings is 2. The number of anilines is 1. The van der Waals surface area contributed by atoms with Crippen LogP contribution in [0.5, 0.6) is 0 Å². The molecule has 4 rings (SSSR count). The summed E-state index contributed by atoms with van der Waals surface area (Å²) in [5, 5.41) is 4.57. The Morgan fingerprint density at radius 1 is 1.14 bits per heavy atom. The van der Waals surface area contributed by atoms with Crippen molar-refractivity contribution in [3.05, 3.63) is 48.7 Å². The van der Waals surface area contributed by atoms with Crippen LogP contribution in [0.25, 0.3) is 32.2 Å². The normalized spacial score (nSPS) is 11.1. The Kier molecular flexibility index (Phi) is 2.94. The number of carbonyl (C=O) groups excluding carboxylic acids is 1. The molecule has 0 atom stereocenters. The number of hydrogen-bond acceptors (Lipinski definition) is 3. The van der Waals surface area contributed by atoms with Gasteiger partial charge in [-0.25, -0.2) is 4.98 Å². The molecule has 0 bridgehead atoms. The highest BCUT2D eigenvalue weighted by atomic mass is 32.1. The highest BCUT2D eigenvalue weighted by Gasteiger charge is 2.07. The quantitative estimate of drug-likeness (QED) is 0.576. The van der Waals surface area contributed by atoms with E-state index >= 15 is 0 Å². The van der Waals surface area contributed by atoms with Crippen LogP contribution in [0.1, 0.15) is 6.92 Å². The molecule has 1 amide bonds. The van der Waals surface area contributed by atoms with Crippen molar-refractivity contribution >= 4 is 43.5 Å². The van der Waals surface area contributed by atoms with Gasteiger partial charge in [-0.2, -0.15) is 0 Å². The second kappa shape index (κ2) is 4.96. The Hall–Kier alpha value is -2.66. The standard InChI is InChI=1S/C17H13N3OS/c1-10(21)19-17-20-15-5-3-12(9-16(15)22-17)11-2-4-14-13(8-11)6-7-18-14/h2-9,18H,1H3,(H,19,20,21). The average Bonchev–Trinajstić information content (AvgIpc) is 3.10. The van der Waals surface area contributed by atoms with Crippen LogP contribution < -0.4 is 5.32 Å². The van der Waals surface area contributed by atoms with E-state index in [0.717, 1.165) is 21.3 Å². The van der Waals surface area contributed by atoms with Crippen molar-refractivity contribution in [2.45, 2.75) is 6.92 Å². The predicted octanol–water partition coefficient (Wildman–Crippen LogP) is 4.40. The zero-order chi connectivity index (χ0) is 15.1. The van der Waals surface area contributed by atoms with E-state index in [1.54, 1.807) is 0 Å². The van der Waals surface area contributed by atoms with Crippen LogP contribution in [-0.4, -0.2) is 15.9 Å². The summed E-state index contributed by atoms with van der Waals surface area (Å²) in [6.45, 7) is 1.49. The summed E-state index contributed by atoms with van der Waals surface area (Å²) in [5.74, 6) is -0.0998. The van der Waals surface area contributed by atoms with Crippen LogP contribution in [0.2, 0.25) is 0 Å². The number of aromatic amines is 1. The van der Waals surface area contributed by atoms with Crippen LogP contribution in [0.4, 0.5) is 5.13 Å². The number of aromatic nitrogens is 2. The van der Waals surface area contributed by atoms with Crippen LogP contribution in [0.15, 0.2) is 48.7 Å². The summed E-state index contributed by atoms with van der Waals surface area (Å²) in [6, 6.07) is 14.6. The first kappa shape index (κ1) is 13.0. The number of hydrogen-bond donors (Lipinski definition) is 2. The summed E-state index contributed by atoms with van der Waals surface area (Å²) in [6.07, 6.45) is 1.94. The minimum absolute atomic E-state index is 0.0998. The fourth-order valence-electron chi connectivity index (χ4n) is 2.54. The predicted molar refractivity (Wildman–Crippen MR) is 91.2 cm³/mol. The number of H-pyrrole nitrogens is 1. The lowest BCUT2D eigenvalue weighted by Crippen LogP contribution is -2.04. The number of thiazole rings is 1. The first-order chi connectivity index (χ1) is 10.7. The molecular formula is C17H13N3OS. The molecule has 4 nitrogen and oxygen atoms in total. The Morgan fingerprint density at radius 2 is 1.95 bits per heavy atom. The summed E-state index contributed by atoms with van der Waals surface area (Å²) >= 11 is 1.49. The van der Waals surface area contributed by atoms with E-state index < -0.39 is 0 Å². The molecule has 22 heavy (non-hydrogen) atoms. The van der Waals surface area contributed by atoms with Gasteiger partial charge in [-0.3, -0.25) is 4.79 Å². The van der Waals surface area contributed by atoms with Crippen molar-refractivity contribution in [1.29, 1.82) is 0 Å². The summed E-state index contributed by atoms with van der Waals surface area (Å²) in [7, 11) is 0. The number of amides is 1. The van der Waals surface area contributed by atoms with Crippen molar-refractivity contribution in [1.82, 2.24) is 9.97 Å². The molecule has 0 aliphatic carbocycles. The largest absolute Gasteiger partial charge is 0.361 e. The molecule has 0 saturated heterocycles. The number of nitrogens with zero attached hydrogens (tertiary/aromatic N) is 1. The molecule has 0 spiro atoms. The number of rotatable bonds is 2. The SMILES string of the molecule is CC(=O)Nc1nc2ccc(-c3ccc4[nH]ccc4c3)cc2s1. The maximum atomic E-state index is 11.1. The molecule has 0 saturated carbocycles. The van der Waals surface area contributed by atoms with Gasteiger partial charge in [0.2, 0.25) is 5.91 Å². The fourth-order valence-corrected chi connectivity index (χ4v) is 3.49. The highest BCUT2D eigenvalue weighted by Crippen LogP contribution is 2.31. The highest BCUT2D eigenvalue weighted by molar-refractivity contribution is 7.22. The van der Waals surface area contributed by atoms with Gasteiger partial charge < -0.3 is 10.3 Å². The van der Waals surface area contributed by atoms with E-state index in [1.807, 2.05) is 12.3 Å². The average molecular weight is 307 g/mol. The van der Waals surface area contributed by atoms with E-state index in [1.165, 1.54) is 29.2 Å². The van der Waals surface area contributed by atoms with Crippen LogP contribution >= 0.6 is 11.3 Å². The molecule has 2 heterocycles.